The Labute approximate surface area is 191 Å². The second-order valence-corrected chi connectivity index (χ2v) is 7.70. The van der Waals surface area contributed by atoms with Crippen molar-refractivity contribution in [3.8, 4) is 16.8 Å². The highest BCUT2D eigenvalue weighted by atomic mass is 32.1. The SMILES string of the molecule is Cc1c(NC(=S)NC(=O)c2ccc(-c3ccccc3)cc2)c(=O)n(-c2ccccc2)n1C. The summed E-state index contributed by atoms with van der Waals surface area (Å²) in [5, 5.41) is 5.61. The van der Waals surface area contributed by atoms with Crippen molar-refractivity contribution < 1.29 is 4.79 Å². The lowest BCUT2D eigenvalue weighted by Gasteiger charge is -2.09. The smallest absolute Gasteiger partial charge is 0.295 e. The molecule has 0 spiro atoms. The quantitative estimate of drug-likeness (QED) is 0.463. The molecule has 0 aliphatic rings. The molecule has 1 aromatic heterocycles. The van der Waals surface area contributed by atoms with Crippen LogP contribution in [0.3, 0.4) is 0 Å². The van der Waals surface area contributed by atoms with Crippen LogP contribution < -0.4 is 16.2 Å². The van der Waals surface area contributed by atoms with Gasteiger partial charge in [0.1, 0.15) is 5.69 Å². The number of nitrogens with one attached hydrogen (secondary N) is 2. The zero-order valence-electron chi connectivity index (χ0n) is 17.7. The van der Waals surface area contributed by atoms with E-state index >= 15 is 0 Å². The second-order valence-electron chi connectivity index (χ2n) is 7.29. The minimum atomic E-state index is -0.348. The summed E-state index contributed by atoms with van der Waals surface area (Å²) in [6.45, 7) is 1.82. The molecule has 6 nitrogen and oxygen atoms in total. The fraction of sp³-hybridized carbons (Fsp3) is 0.0800. The Morgan fingerprint density at radius 3 is 2.03 bits per heavy atom. The molecule has 4 aromatic rings. The van der Waals surface area contributed by atoms with Gasteiger partial charge in [0.15, 0.2) is 5.11 Å². The number of anilines is 1. The van der Waals surface area contributed by atoms with Gasteiger partial charge in [0.05, 0.1) is 11.4 Å². The maximum Gasteiger partial charge on any atom is 0.295 e. The summed E-state index contributed by atoms with van der Waals surface area (Å²) in [6, 6.07) is 26.5. The highest BCUT2D eigenvalue weighted by molar-refractivity contribution is 7.80. The number of amides is 1. The fourth-order valence-corrected chi connectivity index (χ4v) is 3.67. The molecule has 0 saturated carbocycles. The third-order valence-electron chi connectivity index (χ3n) is 5.27. The second kappa shape index (κ2) is 9.03. The Hall–Kier alpha value is -3.97. The molecule has 0 radical (unpaired) electrons. The van der Waals surface area contributed by atoms with Gasteiger partial charge < -0.3 is 5.32 Å². The Morgan fingerprint density at radius 1 is 0.844 bits per heavy atom. The van der Waals surface area contributed by atoms with E-state index in [1.807, 2.05) is 79.7 Å². The molecule has 1 heterocycles. The number of benzene rings is 3. The standard InChI is InChI=1S/C25H22N4O2S/c1-17-22(24(31)29(28(17)2)21-11-7-4-8-12-21)26-25(32)27-23(30)20-15-13-19(14-16-20)18-9-5-3-6-10-18/h3-16H,1-2H3,(H2,26,27,30,32). The van der Waals surface area contributed by atoms with Gasteiger partial charge in [-0.25, -0.2) is 4.68 Å². The van der Waals surface area contributed by atoms with E-state index in [0.29, 0.717) is 16.9 Å². The van der Waals surface area contributed by atoms with Crippen LogP contribution in [-0.2, 0) is 7.05 Å². The number of para-hydroxylation sites is 1. The number of aromatic nitrogens is 2. The van der Waals surface area contributed by atoms with Crippen molar-refractivity contribution in [2.45, 2.75) is 6.92 Å². The number of carbonyl (C=O) groups is 1. The van der Waals surface area contributed by atoms with Crippen LogP contribution in [0.2, 0.25) is 0 Å². The average molecular weight is 443 g/mol. The predicted octanol–water partition coefficient (Wildman–Crippen LogP) is 4.28. The van der Waals surface area contributed by atoms with Gasteiger partial charge in [-0.15, -0.1) is 0 Å². The number of rotatable bonds is 4. The summed E-state index contributed by atoms with van der Waals surface area (Å²) in [6.07, 6.45) is 0. The van der Waals surface area contributed by atoms with Crippen LogP contribution in [0.1, 0.15) is 16.1 Å². The van der Waals surface area contributed by atoms with Crippen molar-refractivity contribution >= 4 is 28.9 Å². The summed E-state index contributed by atoms with van der Waals surface area (Å²) >= 11 is 5.30. The summed E-state index contributed by atoms with van der Waals surface area (Å²) in [5.41, 5.74) is 4.07. The van der Waals surface area contributed by atoms with Crippen molar-refractivity contribution in [2.75, 3.05) is 5.32 Å². The third kappa shape index (κ3) is 4.24. The molecule has 0 saturated heterocycles. The number of thiocarbonyl (C=S) groups is 1. The Morgan fingerprint density at radius 2 is 1.41 bits per heavy atom. The number of hydrogen-bond acceptors (Lipinski definition) is 3. The maximum atomic E-state index is 13.0. The molecule has 4 rings (SSSR count). The van der Waals surface area contributed by atoms with Crippen LogP contribution in [0.4, 0.5) is 5.69 Å². The number of nitrogens with zero attached hydrogens (tertiary/aromatic N) is 2. The largest absolute Gasteiger partial charge is 0.326 e. The van der Waals surface area contributed by atoms with E-state index in [9.17, 15) is 9.59 Å². The van der Waals surface area contributed by atoms with Gasteiger partial charge >= 0.3 is 0 Å². The molecular formula is C25H22N4O2S. The first-order valence-electron chi connectivity index (χ1n) is 10.1. The molecule has 0 aliphatic heterocycles. The summed E-state index contributed by atoms with van der Waals surface area (Å²) in [5.74, 6) is -0.348. The first-order chi connectivity index (χ1) is 15.5. The van der Waals surface area contributed by atoms with E-state index in [1.54, 1.807) is 28.5 Å². The fourth-order valence-electron chi connectivity index (χ4n) is 3.48. The summed E-state index contributed by atoms with van der Waals surface area (Å²) < 4.78 is 3.29. The molecule has 1 amide bonds. The molecule has 7 heteroatoms. The number of hydrogen-bond donors (Lipinski definition) is 2. The van der Waals surface area contributed by atoms with E-state index in [-0.39, 0.29) is 16.6 Å². The normalized spacial score (nSPS) is 10.6. The summed E-state index contributed by atoms with van der Waals surface area (Å²) in [7, 11) is 1.80. The maximum absolute atomic E-state index is 13.0. The third-order valence-corrected chi connectivity index (χ3v) is 5.48. The van der Waals surface area contributed by atoms with Crippen LogP contribution in [0.5, 0.6) is 0 Å². The van der Waals surface area contributed by atoms with Crippen LogP contribution in [0.15, 0.2) is 89.7 Å². The van der Waals surface area contributed by atoms with Crippen molar-refractivity contribution in [1.29, 1.82) is 0 Å². The van der Waals surface area contributed by atoms with Crippen molar-refractivity contribution in [1.82, 2.24) is 14.7 Å². The van der Waals surface area contributed by atoms with Gasteiger partial charge in [0.2, 0.25) is 0 Å². The molecule has 0 aliphatic carbocycles. The van der Waals surface area contributed by atoms with E-state index in [1.165, 1.54) is 0 Å². The number of carbonyl (C=O) groups excluding carboxylic acids is 1. The van der Waals surface area contributed by atoms with Crippen molar-refractivity contribution in [2.24, 2.45) is 7.05 Å². The topological polar surface area (TPSA) is 68.1 Å². The van der Waals surface area contributed by atoms with Crippen LogP contribution in [-0.4, -0.2) is 20.4 Å². The molecule has 2 N–H and O–H groups in total. The molecule has 32 heavy (non-hydrogen) atoms. The monoisotopic (exact) mass is 442 g/mol. The lowest BCUT2D eigenvalue weighted by atomic mass is 10.0. The first kappa shape index (κ1) is 21.3. The first-order valence-corrected chi connectivity index (χ1v) is 10.5. The van der Waals surface area contributed by atoms with Crippen molar-refractivity contribution in [3.63, 3.8) is 0 Å². The molecule has 0 bridgehead atoms. The van der Waals surface area contributed by atoms with Gasteiger partial charge in [-0.05, 0) is 54.5 Å². The molecule has 3 aromatic carbocycles. The van der Waals surface area contributed by atoms with Crippen molar-refractivity contribution in [3.05, 3.63) is 107 Å². The molecule has 0 atom stereocenters. The van der Waals surface area contributed by atoms with E-state index in [0.717, 1.165) is 16.8 Å². The van der Waals surface area contributed by atoms with Crippen LogP contribution in [0.25, 0.3) is 16.8 Å². The Kier molecular flexibility index (Phi) is 6.00. The van der Waals surface area contributed by atoms with Gasteiger partial charge in [0.25, 0.3) is 11.5 Å². The van der Waals surface area contributed by atoms with Gasteiger partial charge in [-0.3, -0.25) is 19.6 Å². The van der Waals surface area contributed by atoms with Crippen LogP contribution >= 0.6 is 12.2 Å². The molecule has 0 unspecified atom stereocenters. The minimum Gasteiger partial charge on any atom is -0.326 e. The Bertz CT molecular complexity index is 1320. The van der Waals surface area contributed by atoms with Gasteiger partial charge in [-0.1, -0.05) is 60.7 Å². The summed E-state index contributed by atoms with van der Waals surface area (Å²) in [4.78, 5) is 25.6. The highest BCUT2D eigenvalue weighted by Gasteiger charge is 2.18. The molecule has 0 fully saturated rings. The Balaban J connectivity index is 1.48. The van der Waals surface area contributed by atoms with E-state index in [2.05, 4.69) is 10.6 Å². The molecular weight excluding hydrogens is 420 g/mol. The lowest BCUT2D eigenvalue weighted by Crippen LogP contribution is -2.35. The van der Waals surface area contributed by atoms with Gasteiger partial charge in [0, 0.05) is 12.6 Å². The average Bonchev–Trinajstić information content (AvgIpc) is 3.03. The predicted molar refractivity (Wildman–Crippen MR) is 131 cm³/mol. The van der Waals surface area contributed by atoms with E-state index in [4.69, 9.17) is 12.2 Å². The zero-order valence-corrected chi connectivity index (χ0v) is 18.5. The van der Waals surface area contributed by atoms with Crippen LogP contribution in [0, 0.1) is 6.92 Å². The van der Waals surface area contributed by atoms with E-state index < -0.39 is 0 Å². The lowest BCUT2D eigenvalue weighted by molar-refractivity contribution is 0.0977. The zero-order chi connectivity index (χ0) is 22.7. The minimum absolute atomic E-state index is 0.0631. The molecule has 160 valence electrons. The highest BCUT2D eigenvalue weighted by Crippen LogP contribution is 2.19. The van der Waals surface area contributed by atoms with Gasteiger partial charge in [-0.2, -0.15) is 0 Å².